The zero-order valence-electron chi connectivity index (χ0n) is 17.9. The standard InChI is InChI=1S/C24H22F3N3O2S/c1-15-12-13-17(32-2)14-20(15)28-22(31)21(16-8-4-3-5-9-16)30-23(33)29-19-11-7-6-10-18(19)24(25,26)27/h3-14,21H,1-2H3,(H,28,31)(H2,29,30,33). The van der Waals surface area contributed by atoms with Gasteiger partial charge in [-0.15, -0.1) is 0 Å². The molecule has 0 aliphatic carbocycles. The maximum Gasteiger partial charge on any atom is 0.418 e. The van der Waals surface area contributed by atoms with Crippen LogP contribution in [0.5, 0.6) is 5.75 Å². The van der Waals surface area contributed by atoms with E-state index in [4.69, 9.17) is 17.0 Å². The molecule has 0 radical (unpaired) electrons. The molecular formula is C24H22F3N3O2S. The fourth-order valence-electron chi connectivity index (χ4n) is 3.14. The molecule has 0 aromatic heterocycles. The highest BCUT2D eigenvalue weighted by Crippen LogP contribution is 2.34. The van der Waals surface area contributed by atoms with Gasteiger partial charge in [0.1, 0.15) is 11.8 Å². The highest BCUT2D eigenvalue weighted by molar-refractivity contribution is 7.80. The molecule has 0 aliphatic heterocycles. The van der Waals surface area contributed by atoms with E-state index in [0.29, 0.717) is 17.0 Å². The quantitative estimate of drug-likeness (QED) is 0.402. The molecule has 172 valence electrons. The lowest BCUT2D eigenvalue weighted by molar-refractivity contribution is -0.137. The van der Waals surface area contributed by atoms with Gasteiger partial charge in [0.05, 0.1) is 18.4 Å². The molecule has 3 aromatic carbocycles. The topological polar surface area (TPSA) is 62.4 Å². The van der Waals surface area contributed by atoms with Crippen molar-refractivity contribution in [1.82, 2.24) is 5.32 Å². The van der Waals surface area contributed by atoms with Crippen LogP contribution in [0.25, 0.3) is 0 Å². The van der Waals surface area contributed by atoms with Crippen molar-refractivity contribution in [2.45, 2.75) is 19.1 Å². The highest BCUT2D eigenvalue weighted by Gasteiger charge is 2.33. The van der Waals surface area contributed by atoms with E-state index < -0.39 is 23.7 Å². The third kappa shape index (κ3) is 6.23. The minimum Gasteiger partial charge on any atom is -0.497 e. The smallest absolute Gasteiger partial charge is 0.418 e. The van der Waals surface area contributed by atoms with Crippen LogP contribution in [0.1, 0.15) is 22.7 Å². The summed E-state index contributed by atoms with van der Waals surface area (Å²) in [6, 6.07) is 18.0. The number of alkyl halides is 3. The number of aryl methyl sites for hydroxylation is 1. The predicted octanol–water partition coefficient (Wildman–Crippen LogP) is 5.69. The Morgan fingerprint density at radius 3 is 2.27 bits per heavy atom. The summed E-state index contributed by atoms with van der Waals surface area (Å²) < 4.78 is 45.2. The number of amides is 1. The molecule has 3 aromatic rings. The molecule has 0 bridgehead atoms. The van der Waals surface area contributed by atoms with E-state index in [0.717, 1.165) is 11.6 Å². The Labute approximate surface area is 195 Å². The van der Waals surface area contributed by atoms with Crippen molar-refractivity contribution >= 4 is 34.6 Å². The van der Waals surface area contributed by atoms with E-state index in [1.165, 1.54) is 25.3 Å². The first-order chi connectivity index (χ1) is 15.7. The Balaban J connectivity index is 1.84. The van der Waals surface area contributed by atoms with Gasteiger partial charge in [0.15, 0.2) is 5.11 Å². The molecule has 0 spiro atoms. The Bertz CT molecular complexity index is 1140. The van der Waals surface area contributed by atoms with Crippen LogP contribution in [0.2, 0.25) is 0 Å². The summed E-state index contributed by atoms with van der Waals surface area (Å²) >= 11 is 5.25. The lowest BCUT2D eigenvalue weighted by Crippen LogP contribution is -2.39. The number of nitrogens with one attached hydrogen (secondary N) is 3. The van der Waals surface area contributed by atoms with E-state index in [9.17, 15) is 18.0 Å². The van der Waals surface area contributed by atoms with Crippen molar-refractivity contribution in [3.8, 4) is 5.75 Å². The van der Waals surface area contributed by atoms with E-state index >= 15 is 0 Å². The third-order valence-electron chi connectivity index (χ3n) is 4.85. The molecule has 5 nitrogen and oxygen atoms in total. The molecule has 0 saturated heterocycles. The second-order valence-electron chi connectivity index (χ2n) is 7.16. The molecule has 9 heteroatoms. The fraction of sp³-hybridized carbons (Fsp3) is 0.167. The lowest BCUT2D eigenvalue weighted by Gasteiger charge is -2.22. The first-order valence-electron chi connectivity index (χ1n) is 9.93. The van der Waals surface area contributed by atoms with Crippen molar-refractivity contribution in [2.24, 2.45) is 0 Å². The molecule has 1 unspecified atom stereocenters. The summed E-state index contributed by atoms with van der Waals surface area (Å²) in [5.41, 5.74) is 0.878. The van der Waals surface area contributed by atoms with Gasteiger partial charge in [-0.05, 0) is 48.5 Å². The van der Waals surface area contributed by atoms with Gasteiger partial charge in [-0.1, -0.05) is 48.5 Å². The molecular weight excluding hydrogens is 451 g/mol. The molecule has 33 heavy (non-hydrogen) atoms. The van der Waals surface area contributed by atoms with Crippen molar-refractivity contribution in [3.63, 3.8) is 0 Å². The zero-order valence-corrected chi connectivity index (χ0v) is 18.7. The van der Waals surface area contributed by atoms with Crippen LogP contribution in [-0.2, 0) is 11.0 Å². The number of carbonyl (C=O) groups excluding carboxylic acids is 1. The number of hydrogen-bond acceptors (Lipinski definition) is 3. The van der Waals surface area contributed by atoms with E-state index in [2.05, 4.69) is 16.0 Å². The normalized spacial score (nSPS) is 11.9. The van der Waals surface area contributed by atoms with Gasteiger partial charge in [0.25, 0.3) is 5.91 Å². The molecule has 1 atom stereocenters. The maximum atomic E-state index is 13.3. The van der Waals surface area contributed by atoms with Crippen LogP contribution in [0.4, 0.5) is 24.5 Å². The SMILES string of the molecule is COc1ccc(C)c(NC(=O)C(NC(=S)Nc2ccccc2C(F)(F)F)c2ccccc2)c1. The number of carbonyl (C=O) groups is 1. The molecule has 0 saturated carbocycles. The second-order valence-corrected chi connectivity index (χ2v) is 7.56. The van der Waals surface area contributed by atoms with Gasteiger partial charge in [-0.3, -0.25) is 4.79 Å². The largest absolute Gasteiger partial charge is 0.497 e. The van der Waals surface area contributed by atoms with Crippen LogP contribution < -0.4 is 20.7 Å². The summed E-state index contributed by atoms with van der Waals surface area (Å²) in [6.07, 6.45) is -4.56. The number of hydrogen-bond donors (Lipinski definition) is 3. The Hall–Kier alpha value is -3.59. The highest BCUT2D eigenvalue weighted by atomic mass is 32.1. The van der Waals surface area contributed by atoms with Crippen LogP contribution in [0.3, 0.4) is 0 Å². The van der Waals surface area contributed by atoms with Crippen molar-refractivity contribution < 1.29 is 22.7 Å². The molecule has 1 amide bonds. The number of para-hydroxylation sites is 1. The van der Waals surface area contributed by atoms with Gasteiger partial charge >= 0.3 is 6.18 Å². The minimum atomic E-state index is -4.56. The average Bonchev–Trinajstić information content (AvgIpc) is 2.79. The Morgan fingerprint density at radius 1 is 0.939 bits per heavy atom. The summed E-state index contributed by atoms with van der Waals surface area (Å²) in [4.78, 5) is 13.2. The number of halogens is 3. The Kier molecular flexibility index (Phi) is 7.55. The molecule has 0 heterocycles. The summed E-state index contributed by atoms with van der Waals surface area (Å²) in [6.45, 7) is 1.83. The lowest BCUT2D eigenvalue weighted by atomic mass is 10.1. The third-order valence-corrected chi connectivity index (χ3v) is 5.07. The Morgan fingerprint density at radius 2 is 1.61 bits per heavy atom. The number of methoxy groups -OCH3 is 1. The molecule has 0 aliphatic rings. The maximum absolute atomic E-state index is 13.3. The van der Waals surface area contributed by atoms with E-state index in [1.54, 1.807) is 48.5 Å². The summed E-state index contributed by atoms with van der Waals surface area (Å²) in [5.74, 6) is 0.131. The second kappa shape index (κ2) is 10.4. The minimum absolute atomic E-state index is 0.127. The zero-order chi connectivity index (χ0) is 24.0. The molecule has 3 rings (SSSR count). The molecule has 3 N–H and O–H groups in total. The van der Waals surface area contributed by atoms with Crippen LogP contribution in [0.15, 0.2) is 72.8 Å². The first kappa shape index (κ1) is 24.1. The van der Waals surface area contributed by atoms with Gasteiger partial charge in [0.2, 0.25) is 0 Å². The van der Waals surface area contributed by atoms with E-state index in [-0.39, 0.29) is 10.8 Å². The number of benzene rings is 3. The van der Waals surface area contributed by atoms with Gasteiger partial charge < -0.3 is 20.7 Å². The summed E-state index contributed by atoms with van der Waals surface area (Å²) in [5, 5.41) is 8.12. The fourth-order valence-corrected chi connectivity index (χ4v) is 3.37. The number of ether oxygens (including phenoxy) is 1. The first-order valence-corrected chi connectivity index (χ1v) is 10.3. The van der Waals surface area contributed by atoms with Gasteiger partial charge in [-0.25, -0.2) is 0 Å². The monoisotopic (exact) mass is 473 g/mol. The van der Waals surface area contributed by atoms with E-state index in [1.807, 2.05) is 6.92 Å². The van der Waals surface area contributed by atoms with Crippen LogP contribution in [0, 0.1) is 6.92 Å². The number of rotatable bonds is 6. The van der Waals surface area contributed by atoms with Crippen LogP contribution >= 0.6 is 12.2 Å². The summed E-state index contributed by atoms with van der Waals surface area (Å²) in [7, 11) is 1.52. The van der Waals surface area contributed by atoms with Gasteiger partial charge in [-0.2, -0.15) is 13.2 Å². The average molecular weight is 474 g/mol. The van der Waals surface area contributed by atoms with Crippen molar-refractivity contribution in [3.05, 3.63) is 89.5 Å². The number of anilines is 2. The van der Waals surface area contributed by atoms with Gasteiger partial charge in [0, 0.05) is 11.8 Å². The van der Waals surface area contributed by atoms with Crippen molar-refractivity contribution in [1.29, 1.82) is 0 Å². The van der Waals surface area contributed by atoms with Crippen LogP contribution in [-0.4, -0.2) is 18.1 Å². The number of thiocarbonyl (C=S) groups is 1. The predicted molar refractivity (Wildman–Crippen MR) is 126 cm³/mol. The molecule has 0 fully saturated rings. The van der Waals surface area contributed by atoms with Crippen molar-refractivity contribution in [2.75, 3.05) is 17.7 Å².